The van der Waals surface area contributed by atoms with Gasteiger partial charge in [-0.25, -0.2) is 4.98 Å². The molecule has 0 bridgehead atoms. The van der Waals surface area contributed by atoms with E-state index in [0.717, 1.165) is 0 Å². The predicted octanol–water partition coefficient (Wildman–Crippen LogP) is 3.07. The number of aliphatic hydroxyl groups excluding tert-OH is 1. The van der Waals surface area contributed by atoms with E-state index in [1.807, 2.05) is 0 Å². The lowest BCUT2D eigenvalue weighted by Crippen LogP contribution is -2.38. The van der Waals surface area contributed by atoms with E-state index in [0.29, 0.717) is 23.1 Å². The van der Waals surface area contributed by atoms with Crippen LogP contribution in [0.2, 0.25) is 5.15 Å². The maximum absolute atomic E-state index is 12.5. The fourth-order valence-corrected chi connectivity index (χ4v) is 3.12. The van der Waals surface area contributed by atoms with E-state index in [9.17, 15) is 13.2 Å². The average molecular weight is 301 g/mol. The Morgan fingerprint density at radius 1 is 1.39 bits per heavy atom. The molecule has 0 radical (unpaired) electrons. The lowest BCUT2D eigenvalue weighted by molar-refractivity contribution is -0.179. The molecule has 8 heteroatoms. The molecule has 2 rings (SSSR count). The van der Waals surface area contributed by atoms with Gasteiger partial charge >= 0.3 is 6.18 Å². The third kappa shape index (κ3) is 2.89. The van der Waals surface area contributed by atoms with Crippen LogP contribution in [-0.4, -0.2) is 29.4 Å². The summed E-state index contributed by atoms with van der Waals surface area (Å²) in [6, 6.07) is 0. The van der Waals surface area contributed by atoms with E-state index in [-0.39, 0.29) is 24.6 Å². The second-order valence-electron chi connectivity index (χ2n) is 4.17. The van der Waals surface area contributed by atoms with Crippen LogP contribution in [0.25, 0.3) is 0 Å². The first-order valence-corrected chi connectivity index (χ1v) is 6.69. The lowest BCUT2D eigenvalue weighted by Gasteiger charge is -2.32. The molecule has 102 valence electrons. The van der Waals surface area contributed by atoms with E-state index in [4.69, 9.17) is 16.7 Å². The van der Waals surface area contributed by atoms with Gasteiger partial charge in [-0.05, 0) is 12.8 Å². The van der Waals surface area contributed by atoms with Crippen molar-refractivity contribution in [3.63, 3.8) is 0 Å². The highest BCUT2D eigenvalue weighted by atomic mass is 35.5. The molecular formula is C10H12ClF3N2OS. The highest BCUT2D eigenvalue weighted by Crippen LogP contribution is 2.37. The first kappa shape index (κ1) is 13.9. The summed E-state index contributed by atoms with van der Waals surface area (Å²) in [5.41, 5.74) is 0. The molecule has 1 aliphatic heterocycles. The number of anilines is 1. The first-order chi connectivity index (χ1) is 8.41. The maximum Gasteiger partial charge on any atom is 0.391 e. The van der Waals surface area contributed by atoms with Crippen LogP contribution in [0.15, 0.2) is 0 Å². The second kappa shape index (κ2) is 5.22. The number of alkyl halides is 3. The van der Waals surface area contributed by atoms with Crippen LogP contribution >= 0.6 is 22.9 Å². The summed E-state index contributed by atoms with van der Waals surface area (Å²) in [6.07, 6.45) is -3.95. The molecule has 0 spiro atoms. The first-order valence-electron chi connectivity index (χ1n) is 5.49. The van der Waals surface area contributed by atoms with E-state index in [2.05, 4.69) is 4.98 Å². The number of thiazole rings is 1. The summed E-state index contributed by atoms with van der Waals surface area (Å²) in [4.78, 5) is 6.40. The van der Waals surface area contributed by atoms with Gasteiger partial charge in [0.05, 0.1) is 17.4 Å². The molecule has 1 N–H and O–H groups in total. The Bertz CT molecular complexity index is 416. The second-order valence-corrected chi connectivity index (χ2v) is 5.59. The highest BCUT2D eigenvalue weighted by Gasteiger charge is 2.41. The summed E-state index contributed by atoms with van der Waals surface area (Å²) < 4.78 is 37.5. The molecule has 1 aliphatic rings. The summed E-state index contributed by atoms with van der Waals surface area (Å²) in [7, 11) is 0. The number of nitrogens with zero attached hydrogens (tertiary/aromatic N) is 2. The van der Waals surface area contributed by atoms with Gasteiger partial charge in [0, 0.05) is 13.1 Å². The van der Waals surface area contributed by atoms with Crippen LogP contribution in [0.3, 0.4) is 0 Å². The van der Waals surface area contributed by atoms with E-state index in [1.54, 1.807) is 4.90 Å². The average Bonchev–Trinajstić information content (AvgIpc) is 2.69. The number of halogens is 4. The summed E-state index contributed by atoms with van der Waals surface area (Å²) in [5, 5.41) is 9.82. The van der Waals surface area contributed by atoms with Gasteiger partial charge in [0.15, 0.2) is 5.13 Å². The minimum absolute atomic E-state index is 0.0785. The van der Waals surface area contributed by atoms with Crippen molar-refractivity contribution in [3.05, 3.63) is 10.0 Å². The molecular weight excluding hydrogens is 289 g/mol. The molecule has 2 heterocycles. The summed E-state index contributed by atoms with van der Waals surface area (Å²) >= 11 is 7.02. The lowest BCUT2D eigenvalue weighted by atomic mass is 9.97. The van der Waals surface area contributed by atoms with E-state index in [1.165, 1.54) is 11.3 Å². The van der Waals surface area contributed by atoms with Crippen molar-refractivity contribution in [2.24, 2.45) is 5.92 Å². The Balaban J connectivity index is 2.01. The Morgan fingerprint density at radius 2 is 2.00 bits per heavy atom. The summed E-state index contributed by atoms with van der Waals surface area (Å²) in [5.74, 6) is -1.22. The largest absolute Gasteiger partial charge is 0.391 e. The number of hydrogen-bond acceptors (Lipinski definition) is 4. The van der Waals surface area contributed by atoms with Crippen molar-refractivity contribution >= 4 is 28.1 Å². The molecule has 0 aliphatic carbocycles. The predicted molar refractivity (Wildman–Crippen MR) is 64.0 cm³/mol. The van der Waals surface area contributed by atoms with Gasteiger partial charge in [0.1, 0.15) is 5.15 Å². The van der Waals surface area contributed by atoms with Crippen LogP contribution in [0.4, 0.5) is 18.3 Å². The minimum atomic E-state index is -4.11. The molecule has 3 nitrogen and oxygen atoms in total. The highest BCUT2D eigenvalue weighted by molar-refractivity contribution is 7.16. The van der Waals surface area contributed by atoms with Crippen molar-refractivity contribution < 1.29 is 18.3 Å². The van der Waals surface area contributed by atoms with Crippen LogP contribution in [0.1, 0.15) is 17.7 Å². The van der Waals surface area contributed by atoms with Crippen LogP contribution < -0.4 is 4.90 Å². The van der Waals surface area contributed by atoms with Gasteiger partial charge in [0.25, 0.3) is 0 Å². The molecule has 1 aromatic heterocycles. The van der Waals surface area contributed by atoms with Crippen LogP contribution in [0, 0.1) is 5.92 Å². The Kier molecular flexibility index (Phi) is 4.03. The molecule has 0 unspecified atom stereocenters. The third-order valence-electron chi connectivity index (χ3n) is 3.01. The van der Waals surface area contributed by atoms with Gasteiger partial charge in [-0.1, -0.05) is 22.9 Å². The zero-order chi connectivity index (χ0) is 13.3. The molecule has 0 atom stereocenters. The molecule has 0 saturated carbocycles. The SMILES string of the molecule is OCc1sc(N2CCC(C(F)(F)F)CC2)nc1Cl. The molecule has 18 heavy (non-hydrogen) atoms. The van der Waals surface area contributed by atoms with Crippen LogP contribution in [-0.2, 0) is 6.61 Å². The molecule has 1 fully saturated rings. The fourth-order valence-electron chi connectivity index (χ4n) is 1.95. The van der Waals surface area contributed by atoms with Gasteiger partial charge in [-0.15, -0.1) is 0 Å². The number of aliphatic hydroxyl groups is 1. The van der Waals surface area contributed by atoms with Gasteiger partial charge in [-0.3, -0.25) is 0 Å². The molecule has 1 saturated heterocycles. The normalized spacial score (nSPS) is 18.4. The minimum Gasteiger partial charge on any atom is -0.391 e. The molecule has 1 aromatic rings. The summed E-state index contributed by atoms with van der Waals surface area (Å²) in [6.45, 7) is 0.438. The third-order valence-corrected chi connectivity index (χ3v) is 4.54. The van der Waals surface area contributed by atoms with Crippen molar-refractivity contribution in [2.45, 2.75) is 25.6 Å². The van der Waals surface area contributed by atoms with Gasteiger partial charge in [0.2, 0.25) is 0 Å². The Hall–Kier alpha value is -0.530. The van der Waals surface area contributed by atoms with Crippen molar-refractivity contribution in [3.8, 4) is 0 Å². The Labute approximate surface area is 111 Å². The standard InChI is InChI=1S/C10H12ClF3N2OS/c11-8-7(5-17)18-9(15-8)16-3-1-6(2-4-16)10(12,13)14/h6,17H,1-5H2. The quantitative estimate of drug-likeness (QED) is 0.912. The van der Waals surface area contributed by atoms with Crippen molar-refractivity contribution in [2.75, 3.05) is 18.0 Å². The van der Waals surface area contributed by atoms with E-state index < -0.39 is 12.1 Å². The van der Waals surface area contributed by atoms with Gasteiger partial charge in [-0.2, -0.15) is 13.2 Å². The monoisotopic (exact) mass is 300 g/mol. The molecule has 0 aromatic carbocycles. The van der Waals surface area contributed by atoms with Gasteiger partial charge < -0.3 is 10.0 Å². The number of hydrogen-bond donors (Lipinski definition) is 1. The van der Waals surface area contributed by atoms with E-state index >= 15 is 0 Å². The zero-order valence-corrected chi connectivity index (χ0v) is 10.9. The number of rotatable bonds is 2. The smallest absolute Gasteiger partial charge is 0.391 e. The van der Waals surface area contributed by atoms with Crippen molar-refractivity contribution in [1.29, 1.82) is 0 Å². The zero-order valence-electron chi connectivity index (χ0n) is 9.37. The molecule has 0 amide bonds. The number of aromatic nitrogens is 1. The topological polar surface area (TPSA) is 36.4 Å². The van der Waals surface area contributed by atoms with Crippen molar-refractivity contribution in [1.82, 2.24) is 4.98 Å². The van der Waals surface area contributed by atoms with Crippen LogP contribution in [0.5, 0.6) is 0 Å². The fraction of sp³-hybridized carbons (Fsp3) is 0.700. The maximum atomic E-state index is 12.5. The number of piperidine rings is 1. The Morgan fingerprint density at radius 3 is 2.44 bits per heavy atom.